The van der Waals surface area contributed by atoms with E-state index >= 15 is 0 Å². The van der Waals surface area contributed by atoms with Gasteiger partial charge in [0.1, 0.15) is 11.5 Å². The summed E-state index contributed by atoms with van der Waals surface area (Å²) in [5.74, 6) is 0.430. The van der Waals surface area contributed by atoms with E-state index in [1.165, 1.54) is 6.42 Å². The summed E-state index contributed by atoms with van der Waals surface area (Å²) >= 11 is 0. The van der Waals surface area contributed by atoms with E-state index in [9.17, 15) is 9.90 Å². The van der Waals surface area contributed by atoms with Crippen molar-refractivity contribution < 1.29 is 9.90 Å². The largest absolute Gasteiger partial charge is 0.508 e. The van der Waals surface area contributed by atoms with E-state index in [0.29, 0.717) is 12.8 Å². The molecule has 0 saturated heterocycles. The fourth-order valence-corrected chi connectivity index (χ4v) is 2.73. The van der Waals surface area contributed by atoms with Crippen molar-refractivity contribution in [2.24, 2.45) is 5.73 Å². The third-order valence-corrected chi connectivity index (χ3v) is 3.74. The summed E-state index contributed by atoms with van der Waals surface area (Å²) in [6.07, 6.45) is 6.35. The smallest absolute Gasteiger partial charge is 0.139 e. The SMILES string of the molecule is NC1(CC(=O)Cc2ccc(O)cc2)CCCCC1. The summed E-state index contributed by atoms with van der Waals surface area (Å²) in [4.78, 5) is 12.0. The van der Waals surface area contributed by atoms with Crippen molar-refractivity contribution in [3.05, 3.63) is 29.8 Å². The van der Waals surface area contributed by atoms with Gasteiger partial charge in [0, 0.05) is 18.4 Å². The highest BCUT2D eigenvalue weighted by Gasteiger charge is 2.29. The molecule has 0 unspecified atom stereocenters. The maximum Gasteiger partial charge on any atom is 0.139 e. The Hall–Kier alpha value is -1.35. The summed E-state index contributed by atoms with van der Waals surface area (Å²) in [6.45, 7) is 0. The van der Waals surface area contributed by atoms with Gasteiger partial charge in [-0.1, -0.05) is 31.4 Å². The lowest BCUT2D eigenvalue weighted by Crippen LogP contribution is -2.43. The first kappa shape index (κ1) is 13.1. The van der Waals surface area contributed by atoms with Gasteiger partial charge in [-0.15, -0.1) is 0 Å². The van der Waals surface area contributed by atoms with Gasteiger partial charge in [0.15, 0.2) is 0 Å². The number of phenols is 1. The molecule has 2 rings (SSSR count). The lowest BCUT2D eigenvalue weighted by Gasteiger charge is -2.32. The average molecular weight is 247 g/mol. The molecule has 3 N–H and O–H groups in total. The van der Waals surface area contributed by atoms with E-state index in [1.807, 2.05) is 0 Å². The molecule has 1 aliphatic carbocycles. The number of carbonyl (C=O) groups is 1. The van der Waals surface area contributed by atoms with Gasteiger partial charge < -0.3 is 10.8 Å². The first-order chi connectivity index (χ1) is 8.57. The second-order valence-electron chi connectivity index (χ2n) is 5.48. The Labute approximate surface area is 108 Å². The van der Waals surface area contributed by atoms with Crippen LogP contribution in [-0.2, 0) is 11.2 Å². The van der Waals surface area contributed by atoms with Crippen LogP contribution < -0.4 is 5.73 Å². The highest BCUT2D eigenvalue weighted by molar-refractivity contribution is 5.82. The molecule has 18 heavy (non-hydrogen) atoms. The Morgan fingerprint density at radius 3 is 2.39 bits per heavy atom. The van der Waals surface area contributed by atoms with Crippen molar-refractivity contribution in [2.45, 2.75) is 50.5 Å². The minimum absolute atomic E-state index is 0.199. The van der Waals surface area contributed by atoms with Gasteiger partial charge >= 0.3 is 0 Å². The minimum atomic E-state index is -0.272. The molecule has 0 atom stereocenters. The standard InChI is InChI=1S/C15H21NO2/c16-15(8-2-1-3-9-15)11-14(18)10-12-4-6-13(17)7-5-12/h4-7,17H,1-3,8-11,16H2. The van der Waals surface area contributed by atoms with E-state index in [4.69, 9.17) is 5.73 Å². The molecule has 0 amide bonds. The van der Waals surface area contributed by atoms with E-state index in [1.54, 1.807) is 24.3 Å². The molecular weight excluding hydrogens is 226 g/mol. The highest BCUT2D eigenvalue weighted by atomic mass is 16.3. The maximum absolute atomic E-state index is 12.0. The Bertz CT molecular complexity index is 405. The zero-order valence-electron chi connectivity index (χ0n) is 10.7. The Kier molecular flexibility index (Phi) is 4.02. The van der Waals surface area contributed by atoms with Gasteiger partial charge in [-0.3, -0.25) is 4.79 Å². The fraction of sp³-hybridized carbons (Fsp3) is 0.533. The number of benzene rings is 1. The maximum atomic E-state index is 12.0. The number of carbonyl (C=O) groups excluding carboxylic acids is 1. The fourth-order valence-electron chi connectivity index (χ4n) is 2.73. The number of hydrogen-bond donors (Lipinski definition) is 2. The van der Waals surface area contributed by atoms with Crippen LogP contribution in [0.15, 0.2) is 24.3 Å². The van der Waals surface area contributed by atoms with Crippen molar-refractivity contribution in [3.63, 3.8) is 0 Å². The van der Waals surface area contributed by atoms with Crippen LogP contribution in [0.2, 0.25) is 0 Å². The van der Waals surface area contributed by atoms with Crippen LogP contribution in [0.5, 0.6) is 5.75 Å². The lowest BCUT2D eigenvalue weighted by atomic mass is 9.78. The zero-order valence-corrected chi connectivity index (χ0v) is 10.7. The van der Waals surface area contributed by atoms with Crippen molar-refractivity contribution in [1.29, 1.82) is 0 Å². The second kappa shape index (κ2) is 5.53. The number of rotatable bonds is 4. The molecule has 0 aliphatic heterocycles. The third kappa shape index (κ3) is 3.57. The molecule has 1 aliphatic rings. The molecule has 1 fully saturated rings. The molecule has 1 aromatic carbocycles. The Morgan fingerprint density at radius 1 is 1.17 bits per heavy atom. The quantitative estimate of drug-likeness (QED) is 0.859. The Morgan fingerprint density at radius 2 is 1.78 bits per heavy atom. The first-order valence-corrected chi connectivity index (χ1v) is 6.66. The molecule has 3 nitrogen and oxygen atoms in total. The number of aromatic hydroxyl groups is 1. The lowest BCUT2D eigenvalue weighted by molar-refractivity contribution is -0.119. The van der Waals surface area contributed by atoms with Gasteiger partial charge in [-0.05, 0) is 30.5 Å². The predicted octanol–water partition coefficient (Wildman–Crippen LogP) is 2.56. The molecule has 0 aromatic heterocycles. The number of hydrogen-bond acceptors (Lipinski definition) is 3. The summed E-state index contributed by atoms with van der Waals surface area (Å²) in [5.41, 5.74) is 6.95. The molecule has 1 aromatic rings. The number of nitrogens with two attached hydrogens (primary N) is 1. The molecule has 98 valence electrons. The number of phenolic OH excluding ortho intramolecular Hbond substituents is 1. The predicted molar refractivity (Wildman–Crippen MR) is 71.4 cm³/mol. The van der Waals surface area contributed by atoms with Crippen LogP contribution >= 0.6 is 0 Å². The molecule has 3 heteroatoms. The van der Waals surface area contributed by atoms with Gasteiger partial charge in [-0.2, -0.15) is 0 Å². The average Bonchev–Trinajstić information content (AvgIpc) is 2.32. The van der Waals surface area contributed by atoms with E-state index in [0.717, 1.165) is 31.2 Å². The van der Waals surface area contributed by atoms with Gasteiger partial charge in [0.05, 0.1) is 0 Å². The summed E-state index contributed by atoms with van der Waals surface area (Å²) in [7, 11) is 0. The molecule has 0 spiro atoms. The second-order valence-corrected chi connectivity index (χ2v) is 5.48. The first-order valence-electron chi connectivity index (χ1n) is 6.66. The van der Waals surface area contributed by atoms with Crippen molar-refractivity contribution in [3.8, 4) is 5.75 Å². The van der Waals surface area contributed by atoms with Crippen LogP contribution in [0.4, 0.5) is 0 Å². The summed E-state index contributed by atoms with van der Waals surface area (Å²) in [5, 5.41) is 9.19. The van der Waals surface area contributed by atoms with Crippen LogP contribution in [0.3, 0.4) is 0 Å². The monoisotopic (exact) mass is 247 g/mol. The normalized spacial score (nSPS) is 18.5. The van der Waals surface area contributed by atoms with Gasteiger partial charge in [0.2, 0.25) is 0 Å². The molecule has 0 bridgehead atoms. The van der Waals surface area contributed by atoms with Gasteiger partial charge in [-0.25, -0.2) is 0 Å². The topological polar surface area (TPSA) is 63.3 Å². The summed E-state index contributed by atoms with van der Waals surface area (Å²) in [6, 6.07) is 6.80. The Balaban J connectivity index is 1.90. The zero-order chi connectivity index (χ0) is 13.0. The van der Waals surface area contributed by atoms with Crippen molar-refractivity contribution in [1.82, 2.24) is 0 Å². The van der Waals surface area contributed by atoms with Crippen LogP contribution in [0, 0.1) is 0 Å². The van der Waals surface area contributed by atoms with E-state index in [2.05, 4.69) is 0 Å². The molecular formula is C15H21NO2. The molecule has 0 heterocycles. The van der Waals surface area contributed by atoms with Crippen molar-refractivity contribution in [2.75, 3.05) is 0 Å². The molecule has 1 saturated carbocycles. The van der Waals surface area contributed by atoms with E-state index < -0.39 is 0 Å². The third-order valence-electron chi connectivity index (χ3n) is 3.74. The number of ketones is 1. The number of Topliss-reactive ketones (excluding diaryl/α,β-unsaturated/α-hetero) is 1. The van der Waals surface area contributed by atoms with Crippen LogP contribution in [-0.4, -0.2) is 16.4 Å². The van der Waals surface area contributed by atoms with Crippen LogP contribution in [0.25, 0.3) is 0 Å². The van der Waals surface area contributed by atoms with Crippen molar-refractivity contribution >= 4 is 5.78 Å². The van der Waals surface area contributed by atoms with Crippen LogP contribution in [0.1, 0.15) is 44.1 Å². The highest BCUT2D eigenvalue weighted by Crippen LogP contribution is 2.29. The molecule has 0 radical (unpaired) electrons. The van der Waals surface area contributed by atoms with Gasteiger partial charge in [0.25, 0.3) is 0 Å². The van der Waals surface area contributed by atoms with E-state index in [-0.39, 0.29) is 17.1 Å². The summed E-state index contributed by atoms with van der Waals surface area (Å²) < 4.78 is 0. The minimum Gasteiger partial charge on any atom is -0.508 e.